The quantitative estimate of drug-likeness (QED) is 0.549. The van der Waals surface area contributed by atoms with Crippen LogP contribution in [0.1, 0.15) is 12.8 Å². The van der Waals surface area contributed by atoms with E-state index in [0.717, 1.165) is 0 Å². The Morgan fingerprint density at radius 1 is 0.786 bits per heavy atom. The Labute approximate surface area is 167 Å². The van der Waals surface area contributed by atoms with Gasteiger partial charge in [-0.2, -0.15) is 0 Å². The van der Waals surface area contributed by atoms with Crippen molar-refractivity contribution in [1.82, 2.24) is 0 Å². The minimum absolute atomic E-state index is 0.0607. The number of hydrogen-bond acceptors (Lipinski definition) is 2. The molecule has 0 aliphatic heterocycles. The molecule has 4 rings (SSSR count). The van der Waals surface area contributed by atoms with Gasteiger partial charge in [-0.05, 0) is 47.4 Å². The third-order valence-corrected chi connectivity index (χ3v) is 9.14. The highest BCUT2D eigenvalue weighted by Gasteiger charge is 2.26. The standard InChI is InChI=1S/C25H25O2P/c26-22(19-27-18-21-16-17-21)20-28(23-10-4-1-5-11-23,24-12-6-2-7-13-24)25-14-8-3-9-15-25/h1-15,20-21H,16-19H2. The molecule has 0 radical (unpaired) electrons. The largest absolute Gasteiger partial charge is 0.373 e. The monoisotopic (exact) mass is 388 g/mol. The van der Waals surface area contributed by atoms with Gasteiger partial charge in [0.05, 0.1) is 6.61 Å². The summed E-state index contributed by atoms with van der Waals surface area (Å²) in [5.41, 5.74) is 0. The maximum atomic E-state index is 13.0. The van der Waals surface area contributed by atoms with E-state index >= 15 is 0 Å². The number of carbonyl (C=O) groups excluding carboxylic acids is 1. The summed E-state index contributed by atoms with van der Waals surface area (Å²) in [6.45, 7) is -1.35. The van der Waals surface area contributed by atoms with Crippen LogP contribution in [0.5, 0.6) is 0 Å². The predicted molar refractivity (Wildman–Crippen MR) is 120 cm³/mol. The number of benzene rings is 3. The van der Waals surface area contributed by atoms with Gasteiger partial charge >= 0.3 is 0 Å². The topological polar surface area (TPSA) is 26.3 Å². The second kappa shape index (κ2) is 8.73. The van der Waals surface area contributed by atoms with Crippen LogP contribution in [0.15, 0.2) is 91.0 Å². The van der Waals surface area contributed by atoms with E-state index in [1.807, 2.05) is 24.0 Å². The lowest BCUT2D eigenvalue weighted by Crippen LogP contribution is -2.29. The maximum absolute atomic E-state index is 13.0. The van der Waals surface area contributed by atoms with Crippen molar-refractivity contribution < 1.29 is 9.53 Å². The SMILES string of the molecule is O=C(C=P(c1ccccc1)(c1ccccc1)c1ccccc1)COCC1CC1. The van der Waals surface area contributed by atoms with E-state index in [1.54, 1.807) is 0 Å². The summed E-state index contributed by atoms with van der Waals surface area (Å²) in [5.74, 6) is 2.68. The molecule has 1 saturated carbocycles. The first kappa shape index (κ1) is 18.9. The third-order valence-electron chi connectivity index (χ3n) is 5.12. The van der Waals surface area contributed by atoms with Crippen LogP contribution in [0.25, 0.3) is 0 Å². The average Bonchev–Trinajstić information content (AvgIpc) is 3.58. The second-order valence-electron chi connectivity index (χ2n) is 7.28. The molecule has 0 unspecified atom stereocenters. The van der Waals surface area contributed by atoms with Crippen molar-refractivity contribution in [2.45, 2.75) is 12.8 Å². The molecule has 142 valence electrons. The third kappa shape index (κ3) is 4.19. The van der Waals surface area contributed by atoms with Crippen LogP contribution < -0.4 is 15.9 Å². The van der Waals surface area contributed by atoms with E-state index in [4.69, 9.17) is 4.74 Å². The summed E-state index contributed by atoms with van der Waals surface area (Å²) in [5, 5.41) is 3.55. The zero-order valence-corrected chi connectivity index (χ0v) is 16.8. The van der Waals surface area contributed by atoms with Crippen molar-refractivity contribution in [2.24, 2.45) is 5.92 Å². The molecule has 0 saturated heterocycles. The molecule has 3 aromatic rings. The highest BCUT2D eigenvalue weighted by molar-refractivity contribution is 7.95. The first-order valence-corrected chi connectivity index (χ1v) is 11.7. The summed E-state index contributed by atoms with van der Waals surface area (Å²) in [6, 6.07) is 31.2. The minimum Gasteiger partial charge on any atom is -0.373 e. The Hall–Kier alpha value is -2.41. The van der Waals surface area contributed by atoms with E-state index in [1.165, 1.54) is 28.8 Å². The van der Waals surface area contributed by atoms with Crippen molar-refractivity contribution in [3.63, 3.8) is 0 Å². The number of ether oxygens (including phenoxy) is 1. The Morgan fingerprint density at radius 3 is 1.61 bits per heavy atom. The van der Waals surface area contributed by atoms with Gasteiger partial charge in [-0.3, -0.25) is 4.79 Å². The van der Waals surface area contributed by atoms with Gasteiger partial charge in [-0.25, -0.2) is 0 Å². The molecule has 1 aliphatic rings. The Bertz CT molecular complexity index is 858. The summed E-state index contributed by atoms with van der Waals surface area (Å²) in [6.07, 6.45) is 2.46. The van der Waals surface area contributed by atoms with Crippen molar-refractivity contribution >= 4 is 34.4 Å². The Morgan fingerprint density at radius 2 is 1.21 bits per heavy atom. The van der Waals surface area contributed by atoms with Crippen LogP contribution in [-0.4, -0.2) is 24.8 Å². The van der Waals surface area contributed by atoms with Crippen molar-refractivity contribution in [3.8, 4) is 0 Å². The first-order valence-electron chi connectivity index (χ1n) is 9.81. The molecule has 1 aliphatic carbocycles. The molecular formula is C25H25O2P. The molecule has 0 atom stereocenters. The molecule has 3 aromatic carbocycles. The van der Waals surface area contributed by atoms with Crippen LogP contribution in [0.3, 0.4) is 0 Å². The summed E-state index contributed by atoms with van der Waals surface area (Å²) >= 11 is 0. The molecule has 0 aromatic heterocycles. The smallest absolute Gasteiger partial charge is 0.182 e. The normalized spacial score (nSPS) is 13.9. The van der Waals surface area contributed by atoms with Crippen molar-refractivity contribution in [3.05, 3.63) is 91.0 Å². The fraction of sp³-hybridized carbons (Fsp3) is 0.200. The predicted octanol–water partition coefficient (Wildman–Crippen LogP) is 3.78. The summed E-state index contributed by atoms with van der Waals surface area (Å²) < 4.78 is 5.71. The van der Waals surface area contributed by atoms with Crippen LogP contribution in [-0.2, 0) is 9.53 Å². The number of rotatable bonds is 8. The van der Waals surface area contributed by atoms with Gasteiger partial charge in [0, 0.05) is 0 Å². The van der Waals surface area contributed by atoms with E-state index in [-0.39, 0.29) is 12.4 Å². The highest BCUT2D eigenvalue weighted by atomic mass is 31.2. The van der Waals surface area contributed by atoms with Crippen molar-refractivity contribution in [2.75, 3.05) is 13.2 Å². The summed E-state index contributed by atoms with van der Waals surface area (Å²) in [4.78, 5) is 13.0. The second-order valence-corrected chi connectivity index (χ2v) is 10.5. The van der Waals surface area contributed by atoms with E-state index in [9.17, 15) is 4.79 Å². The lowest BCUT2D eigenvalue weighted by Gasteiger charge is -2.28. The Kier molecular flexibility index (Phi) is 5.90. The molecule has 0 heterocycles. The van der Waals surface area contributed by atoms with Crippen LogP contribution in [0, 0.1) is 5.92 Å². The first-order chi connectivity index (χ1) is 13.8. The van der Waals surface area contributed by atoms with E-state index in [0.29, 0.717) is 12.5 Å². The molecule has 0 bridgehead atoms. The van der Waals surface area contributed by atoms with Gasteiger partial charge in [-0.15, -0.1) is 0 Å². The van der Waals surface area contributed by atoms with Crippen LogP contribution in [0.2, 0.25) is 0 Å². The average molecular weight is 388 g/mol. The number of carbonyl (C=O) groups is 1. The van der Waals surface area contributed by atoms with Gasteiger partial charge in [0.25, 0.3) is 0 Å². The van der Waals surface area contributed by atoms with Crippen LogP contribution >= 0.6 is 6.89 Å². The van der Waals surface area contributed by atoms with Gasteiger partial charge in [-0.1, -0.05) is 91.0 Å². The molecule has 0 amide bonds. The fourth-order valence-electron chi connectivity index (χ4n) is 3.52. The molecule has 1 fully saturated rings. The zero-order valence-electron chi connectivity index (χ0n) is 15.9. The number of Topliss-reactive ketones (excluding diaryl/α,β-unsaturated/α-hetero) is 1. The molecule has 28 heavy (non-hydrogen) atoms. The van der Waals surface area contributed by atoms with Crippen LogP contribution in [0.4, 0.5) is 0 Å². The zero-order chi connectivity index (χ0) is 19.2. The highest BCUT2D eigenvalue weighted by Crippen LogP contribution is 2.43. The van der Waals surface area contributed by atoms with E-state index < -0.39 is 6.89 Å². The number of ketones is 1. The van der Waals surface area contributed by atoms with Gasteiger partial charge in [0.15, 0.2) is 5.78 Å². The fourth-order valence-corrected chi connectivity index (χ4v) is 7.30. The molecule has 0 spiro atoms. The number of hydrogen-bond donors (Lipinski definition) is 0. The van der Waals surface area contributed by atoms with Crippen molar-refractivity contribution in [1.29, 1.82) is 0 Å². The molecule has 3 heteroatoms. The van der Waals surface area contributed by atoms with E-state index in [2.05, 4.69) is 72.8 Å². The summed E-state index contributed by atoms with van der Waals surface area (Å²) in [7, 11) is 0. The lowest BCUT2D eigenvalue weighted by atomic mass is 10.4. The Balaban J connectivity index is 1.85. The minimum atomic E-state index is -2.21. The van der Waals surface area contributed by atoms with Gasteiger partial charge < -0.3 is 4.74 Å². The molecular weight excluding hydrogens is 363 g/mol. The maximum Gasteiger partial charge on any atom is 0.182 e. The molecule has 0 N–H and O–H groups in total. The lowest BCUT2D eigenvalue weighted by molar-refractivity contribution is -0.116. The van der Waals surface area contributed by atoms with Gasteiger partial charge in [0.1, 0.15) is 6.61 Å². The molecule has 2 nitrogen and oxygen atoms in total. The van der Waals surface area contributed by atoms with Gasteiger partial charge in [0.2, 0.25) is 0 Å².